The number of fused-ring (bicyclic) bond motifs is 2. The first kappa shape index (κ1) is 28.7. The van der Waals surface area contributed by atoms with E-state index in [1.54, 1.807) is 0 Å². The SMILES string of the molecule is C1=C=C(P(c2ccccc2)c2ccc3ccccc3c2-c2c(P(C3=CC=CCC3)c3ccccc3)ccc3ccccc23)C=CC=1. The lowest BCUT2D eigenvalue weighted by molar-refractivity contribution is 1.02. The Morgan fingerprint density at radius 3 is 1.65 bits per heavy atom. The Labute approximate surface area is 273 Å². The Balaban J connectivity index is 1.52. The van der Waals surface area contributed by atoms with Crippen LogP contribution in [-0.2, 0) is 0 Å². The van der Waals surface area contributed by atoms with Gasteiger partial charge in [-0.3, -0.25) is 0 Å². The van der Waals surface area contributed by atoms with Crippen LogP contribution in [0.25, 0.3) is 32.7 Å². The van der Waals surface area contributed by atoms with Gasteiger partial charge in [0, 0.05) is 5.31 Å². The number of rotatable bonds is 7. The van der Waals surface area contributed by atoms with Gasteiger partial charge in [0.1, 0.15) is 0 Å². The van der Waals surface area contributed by atoms with Gasteiger partial charge in [-0.25, -0.2) is 0 Å². The van der Waals surface area contributed by atoms with Crippen molar-refractivity contribution in [1.82, 2.24) is 0 Å². The lowest BCUT2D eigenvalue weighted by Crippen LogP contribution is -2.21. The Morgan fingerprint density at radius 1 is 0.522 bits per heavy atom. The molecule has 0 saturated heterocycles. The van der Waals surface area contributed by atoms with Crippen LogP contribution in [0.2, 0.25) is 0 Å². The zero-order valence-corrected chi connectivity index (χ0v) is 27.3. The third-order valence-corrected chi connectivity index (χ3v) is 13.8. The molecule has 0 nitrogen and oxygen atoms in total. The average molecular weight is 623 g/mol. The van der Waals surface area contributed by atoms with Gasteiger partial charge in [-0.2, -0.15) is 0 Å². The molecule has 0 aromatic heterocycles. The summed E-state index contributed by atoms with van der Waals surface area (Å²) in [5.41, 5.74) is 9.52. The molecule has 6 aromatic carbocycles. The normalized spacial score (nSPS) is 15.1. The van der Waals surface area contributed by atoms with Crippen LogP contribution in [-0.4, -0.2) is 0 Å². The summed E-state index contributed by atoms with van der Waals surface area (Å²) in [6.45, 7) is 0. The van der Waals surface area contributed by atoms with Crippen molar-refractivity contribution in [3.63, 3.8) is 0 Å². The molecule has 46 heavy (non-hydrogen) atoms. The van der Waals surface area contributed by atoms with Crippen molar-refractivity contribution < 1.29 is 0 Å². The van der Waals surface area contributed by atoms with E-state index in [0.717, 1.165) is 12.8 Å². The van der Waals surface area contributed by atoms with Crippen molar-refractivity contribution >= 4 is 58.6 Å². The summed E-state index contributed by atoms with van der Waals surface area (Å²) in [5.74, 6) is 0. The molecule has 0 bridgehead atoms. The second-order valence-electron chi connectivity index (χ2n) is 11.5. The van der Waals surface area contributed by atoms with Gasteiger partial charge in [-0.1, -0.05) is 169 Å². The molecule has 218 valence electrons. The highest BCUT2D eigenvalue weighted by molar-refractivity contribution is 7.78. The van der Waals surface area contributed by atoms with E-state index in [-0.39, 0.29) is 0 Å². The maximum atomic E-state index is 3.54. The number of hydrogen-bond acceptors (Lipinski definition) is 0. The monoisotopic (exact) mass is 622 g/mol. The van der Waals surface area contributed by atoms with Crippen LogP contribution in [0.1, 0.15) is 12.8 Å². The van der Waals surface area contributed by atoms with Crippen LogP contribution in [0.15, 0.2) is 192 Å². The van der Waals surface area contributed by atoms with E-state index < -0.39 is 15.8 Å². The number of benzene rings is 6. The quantitative estimate of drug-likeness (QED) is 0.123. The van der Waals surface area contributed by atoms with Crippen LogP contribution >= 0.6 is 15.8 Å². The van der Waals surface area contributed by atoms with Gasteiger partial charge in [0.25, 0.3) is 0 Å². The number of hydrogen-bond donors (Lipinski definition) is 0. The van der Waals surface area contributed by atoms with Gasteiger partial charge in [0.05, 0.1) is 0 Å². The first-order valence-electron chi connectivity index (χ1n) is 15.9. The molecule has 2 aliphatic carbocycles. The van der Waals surface area contributed by atoms with Crippen LogP contribution in [0.5, 0.6) is 0 Å². The Hall–Kier alpha value is -4.78. The van der Waals surface area contributed by atoms with Gasteiger partial charge in [-0.15, -0.1) is 0 Å². The molecular formula is C44H32P2. The smallest absolute Gasteiger partial charge is 0.0348 e. The van der Waals surface area contributed by atoms with E-state index in [4.69, 9.17) is 0 Å². The fourth-order valence-electron chi connectivity index (χ4n) is 6.69. The predicted octanol–water partition coefficient (Wildman–Crippen LogP) is 10.5. The zero-order valence-electron chi connectivity index (χ0n) is 25.5. The molecule has 0 amide bonds. The Kier molecular flexibility index (Phi) is 8.05. The summed E-state index contributed by atoms with van der Waals surface area (Å²) in [4.78, 5) is 0. The van der Waals surface area contributed by atoms with E-state index in [2.05, 4.69) is 175 Å². The summed E-state index contributed by atoms with van der Waals surface area (Å²) in [5, 5.41) is 13.3. The first-order valence-corrected chi connectivity index (χ1v) is 18.5. The fourth-order valence-corrected chi connectivity index (χ4v) is 11.7. The molecule has 0 saturated carbocycles. The van der Waals surface area contributed by atoms with Gasteiger partial charge in [0.2, 0.25) is 0 Å². The van der Waals surface area contributed by atoms with Crippen LogP contribution in [0.3, 0.4) is 0 Å². The van der Waals surface area contributed by atoms with Gasteiger partial charge in [0.15, 0.2) is 0 Å². The molecule has 6 aromatic rings. The van der Waals surface area contributed by atoms with Crippen LogP contribution in [0.4, 0.5) is 0 Å². The molecule has 0 aliphatic heterocycles. The topological polar surface area (TPSA) is 0 Å². The lowest BCUT2D eigenvalue weighted by Gasteiger charge is -2.29. The van der Waals surface area contributed by atoms with Crippen molar-refractivity contribution in [3.8, 4) is 11.1 Å². The summed E-state index contributed by atoms with van der Waals surface area (Å²) in [6.07, 6.45) is 15.4. The molecule has 2 heteroatoms. The maximum absolute atomic E-state index is 3.54. The molecular weight excluding hydrogens is 590 g/mol. The van der Waals surface area contributed by atoms with Gasteiger partial charge >= 0.3 is 0 Å². The van der Waals surface area contributed by atoms with E-state index in [0.29, 0.717) is 0 Å². The van der Waals surface area contributed by atoms with Crippen molar-refractivity contribution in [3.05, 3.63) is 192 Å². The molecule has 8 rings (SSSR count). The molecule has 0 heterocycles. The number of allylic oxidation sites excluding steroid dienone is 8. The summed E-state index contributed by atoms with van der Waals surface area (Å²) in [6, 6.07) is 49.6. The van der Waals surface area contributed by atoms with E-state index >= 15 is 0 Å². The molecule has 2 atom stereocenters. The highest BCUT2D eigenvalue weighted by Crippen LogP contribution is 2.52. The largest absolute Gasteiger partial charge is 0.0842 e. The van der Waals surface area contributed by atoms with Gasteiger partial charge in [-0.05, 0) is 100 Å². The minimum atomic E-state index is -0.925. The van der Waals surface area contributed by atoms with E-state index in [1.807, 2.05) is 6.08 Å². The molecule has 2 aliphatic rings. The second kappa shape index (κ2) is 12.9. The second-order valence-corrected chi connectivity index (χ2v) is 15.9. The Bertz CT molecular complexity index is 2280. The standard InChI is InChI=1S/C44H32P2/c1-5-19-35(20-6-1)45(36-21-7-2-8-22-36)41-31-29-33-17-13-15-27-39(33)43(41)44-40-28-16-14-18-34(40)30-32-42(44)46(37-23-9-3-10-24-37)38-25-11-4-12-26-38/h1-7,9-11,13-21,23-25,27-32H,8,22H2. The predicted molar refractivity (Wildman–Crippen MR) is 203 cm³/mol. The van der Waals surface area contributed by atoms with Crippen molar-refractivity contribution in [2.75, 3.05) is 0 Å². The van der Waals surface area contributed by atoms with Crippen LogP contribution in [0, 0.1) is 0 Å². The molecule has 0 spiro atoms. The lowest BCUT2D eigenvalue weighted by atomic mass is 9.93. The summed E-state index contributed by atoms with van der Waals surface area (Å²) < 4.78 is 0. The molecule has 0 radical (unpaired) electrons. The van der Waals surface area contributed by atoms with Crippen molar-refractivity contribution in [1.29, 1.82) is 0 Å². The van der Waals surface area contributed by atoms with Crippen molar-refractivity contribution in [2.24, 2.45) is 0 Å². The minimum absolute atomic E-state index is 0.779. The highest BCUT2D eigenvalue weighted by Gasteiger charge is 2.29. The van der Waals surface area contributed by atoms with E-state index in [9.17, 15) is 0 Å². The minimum Gasteiger partial charge on any atom is -0.0842 e. The molecule has 0 fully saturated rings. The fraction of sp³-hybridized carbons (Fsp3) is 0.0455. The third kappa shape index (κ3) is 5.38. The summed E-state index contributed by atoms with van der Waals surface area (Å²) >= 11 is 0. The zero-order chi connectivity index (χ0) is 30.7. The Morgan fingerprint density at radius 2 is 1.09 bits per heavy atom. The van der Waals surface area contributed by atoms with Gasteiger partial charge < -0.3 is 0 Å². The summed E-state index contributed by atoms with van der Waals surface area (Å²) in [7, 11) is -1.70. The van der Waals surface area contributed by atoms with Crippen molar-refractivity contribution in [2.45, 2.75) is 12.8 Å². The highest BCUT2D eigenvalue weighted by atomic mass is 31.1. The average Bonchev–Trinajstić information content (AvgIpc) is 3.14. The van der Waals surface area contributed by atoms with Crippen LogP contribution < -0.4 is 21.2 Å². The van der Waals surface area contributed by atoms with E-state index in [1.165, 1.54) is 64.5 Å². The molecule has 0 N–H and O–H groups in total. The molecule has 2 unspecified atom stereocenters. The third-order valence-electron chi connectivity index (χ3n) is 8.73. The maximum Gasteiger partial charge on any atom is 0.0348 e. The first-order chi connectivity index (χ1) is 22.9.